The van der Waals surface area contributed by atoms with E-state index in [0.717, 1.165) is 5.75 Å². The minimum atomic E-state index is -0.952. The molecule has 7 nitrogen and oxygen atoms in total. The van der Waals surface area contributed by atoms with E-state index < -0.39 is 5.41 Å². The van der Waals surface area contributed by atoms with Gasteiger partial charge in [-0.2, -0.15) is 0 Å². The van der Waals surface area contributed by atoms with Crippen LogP contribution in [0.3, 0.4) is 0 Å². The molecule has 0 atom stereocenters. The van der Waals surface area contributed by atoms with Crippen molar-refractivity contribution >= 4 is 11.8 Å². The van der Waals surface area contributed by atoms with Crippen LogP contribution in [-0.4, -0.2) is 32.1 Å². The summed E-state index contributed by atoms with van der Waals surface area (Å²) in [6, 6.07) is 10.7. The maximum Gasteiger partial charge on any atom is 0.236 e. The molecular weight excluding hydrogens is 336 g/mol. The summed E-state index contributed by atoms with van der Waals surface area (Å²) >= 11 is 0. The number of hydrogen-bond donors (Lipinski definition) is 2. The average Bonchev–Trinajstić information content (AvgIpc) is 3.32. The van der Waals surface area contributed by atoms with Gasteiger partial charge in [0, 0.05) is 0 Å². The number of ether oxygens (including phenoxy) is 2. The summed E-state index contributed by atoms with van der Waals surface area (Å²) in [5, 5.41) is 5.54. The zero-order valence-electron chi connectivity index (χ0n) is 14.6. The highest BCUT2D eigenvalue weighted by Gasteiger charge is 2.56. The van der Waals surface area contributed by atoms with Crippen LogP contribution in [0.5, 0.6) is 11.5 Å². The molecule has 7 heteroatoms. The maximum absolute atomic E-state index is 12.4. The Morgan fingerprint density at radius 3 is 2.38 bits per heavy atom. The molecule has 1 aliphatic carbocycles. The monoisotopic (exact) mass is 358 g/mol. The van der Waals surface area contributed by atoms with Crippen molar-refractivity contribution in [1.82, 2.24) is 10.6 Å². The lowest BCUT2D eigenvalue weighted by Crippen LogP contribution is -2.43. The molecule has 0 saturated heterocycles. The number of hydrogen-bond acceptors (Lipinski definition) is 5. The predicted octanol–water partition coefficient (Wildman–Crippen LogP) is 1.88. The van der Waals surface area contributed by atoms with Gasteiger partial charge in [0.2, 0.25) is 11.8 Å². The van der Waals surface area contributed by atoms with Crippen molar-refractivity contribution in [2.45, 2.75) is 19.4 Å². The van der Waals surface area contributed by atoms with Crippen LogP contribution in [0.2, 0.25) is 0 Å². The molecule has 1 fully saturated rings. The molecule has 0 spiro atoms. The second kappa shape index (κ2) is 7.95. The Balaban J connectivity index is 1.40. The summed E-state index contributed by atoms with van der Waals surface area (Å²) in [5.74, 6) is 1.58. The molecule has 0 aliphatic heterocycles. The third-order valence-electron chi connectivity index (χ3n) is 4.34. The van der Waals surface area contributed by atoms with Crippen LogP contribution < -0.4 is 20.1 Å². The number of carbonyl (C=O) groups is 2. The minimum Gasteiger partial charge on any atom is -0.497 e. The lowest BCUT2D eigenvalue weighted by Gasteiger charge is -2.15. The quantitative estimate of drug-likeness (QED) is 0.528. The number of nitrogens with one attached hydrogen (secondary N) is 2. The third-order valence-corrected chi connectivity index (χ3v) is 4.34. The van der Waals surface area contributed by atoms with Crippen LogP contribution in [0.4, 0.5) is 0 Å². The third kappa shape index (κ3) is 4.17. The first kappa shape index (κ1) is 17.8. The van der Waals surface area contributed by atoms with Gasteiger partial charge in [0.05, 0.1) is 26.5 Å². The van der Waals surface area contributed by atoms with Crippen molar-refractivity contribution in [1.29, 1.82) is 0 Å². The Hall–Kier alpha value is -2.96. The average molecular weight is 358 g/mol. The van der Waals surface area contributed by atoms with Gasteiger partial charge in [-0.05, 0) is 49.2 Å². The normalized spacial score (nSPS) is 14.3. The van der Waals surface area contributed by atoms with E-state index in [1.807, 2.05) is 0 Å². The van der Waals surface area contributed by atoms with E-state index in [1.165, 1.54) is 0 Å². The summed E-state index contributed by atoms with van der Waals surface area (Å²) in [6.07, 6.45) is 2.66. The molecule has 0 bridgehead atoms. The van der Waals surface area contributed by atoms with E-state index in [2.05, 4.69) is 10.6 Å². The van der Waals surface area contributed by atoms with E-state index in [9.17, 15) is 9.59 Å². The standard InChI is InChI=1S/C19H22N2O5/c1-24-14-4-6-15(7-5-14)26-12-10-20-17(22)19(8-9-19)18(23)21-13-16-3-2-11-25-16/h2-7,11H,8-10,12-13H2,1H3,(H,20,22)(H,21,23). The van der Waals surface area contributed by atoms with Crippen molar-refractivity contribution in [3.8, 4) is 11.5 Å². The number of furan rings is 1. The van der Waals surface area contributed by atoms with Crippen LogP contribution in [0.15, 0.2) is 47.1 Å². The van der Waals surface area contributed by atoms with Gasteiger partial charge < -0.3 is 24.5 Å². The van der Waals surface area contributed by atoms with Crippen LogP contribution in [-0.2, 0) is 16.1 Å². The van der Waals surface area contributed by atoms with E-state index in [4.69, 9.17) is 13.9 Å². The van der Waals surface area contributed by atoms with Gasteiger partial charge in [0.1, 0.15) is 29.3 Å². The van der Waals surface area contributed by atoms with Crippen LogP contribution in [0.1, 0.15) is 18.6 Å². The van der Waals surface area contributed by atoms with Crippen molar-refractivity contribution in [3.05, 3.63) is 48.4 Å². The topological polar surface area (TPSA) is 89.8 Å². The molecule has 3 rings (SSSR count). The molecule has 138 valence electrons. The van der Waals surface area contributed by atoms with E-state index >= 15 is 0 Å². The van der Waals surface area contributed by atoms with E-state index in [1.54, 1.807) is 49.8 Å². The molecule has 0 radical (unpaired) electrons. The molecule has 2 aromatic rings. The first-order valence-corrected chi connectivity index (χ1v) is 8.50. The fourth-order valence-electron chi connectivity index (χ4n) is 2.61. The molecule has 1 aromatic carbocycles. The van der Waals surface area contributed by atoms with Crippen molar-refractivity contribution in [3.63, 3.8) is 0 Å². The summed E-state index contributed by atoms with van der Waals surface area (Å²) in [4.78, 5) is 24.7. The van der Waals surface area contributed by atoms with Gasteiger partial charge in [0.25, 0.3) is 0 Å². The first-order valence-electron chi connectivity index (χ1n) is 8.50. The second-order valence-electron chi connectivity index (χ2n) is 6.12. The summed E-state index contributed by atoms with van der Waals surface area (Å²) < 4.78 is 15.8. The summed E-state index contributed by atoms with van der Waals surface area (Å²) in [5.41, 5.74) is -0.952. The Morgan fingerprint density at radius 2 is 1.77 bits per heavy atom. The zero-order chi connectivity index (χ0) is 18.4. The number of amides is 2. The van der Waals surface area contributed by atoms with Crippen LogP contribution >= 0.6 is 0 Å². The van der Waals surface area contributed by atoms with Crippen LogP contribution in [0.25, 0.3) is 0 Å². The van der Waals surface area contributed by atoms with Crippen LogP contribution in [0, 0.1) is 5.41 Å². The summed E-state index contributed by atoms with van der Waals surface area (Å²) in [7, 11) is 1.60. The number of rotatable bonds is 9. The van der Waals surface area contributed by atoms with Gasteiger partial charge >= 0.3 is 0 Å². The minimum absolute atomic E-state index is 0.257. The molecule has 26 heavy (non-hydrogen) atoms. The van der Waals surface area contributed by atoms with Crippen molar-refractivity contribution in [2.75, 3.05) is 20.3 Å². The highest BCUT2D eigenvalue weighted by atomic mass is 16.5. The van der Waals surface area contributed by atoms with E-state index in [0.29, 0.717) is 37.5 Å². The number of methoxy groups -OCH3 is 1. The second-order valence-corrected chi connectivity index (χ2v) is 6.12. The molecule has 0 unspecified atom stereocenters. The number of carbonyl (C=O) groups excluding carboxylic acids is 2. The largest absolute Gasteiger partial charge is 0.497 e. The van der Waals surface area contributed by atoms with Gasteiger partial charge in [-0.3, -0.25) is 9.59 Å². The Kier molecular flexibility index (Phi) is 5.46. The molecule has 1 aliphatic rings. The molecular formula is C19H22N2O5. The van der Waals surface area contributed by atoms with Gasteiger partial charge in [-0.15, -0.1) is 0 Å². The zero-order valence-corrected chi connectivity index (χ0v) is 14.6. The number of benzene rings is 1. The fraction of sp³-hybridized carbons (Fsp3) is 0.368. The molecule has 1 aromatic heterocycles. The molecule has 2 N–H and O–H groups in total. The highest BCUT2D eigenvalue weighted by molar-refractivity contribution is 6.07. The molecule has 1 heterocycles. The fourth-order valence-corrected chi connectivity index (χ4v) is 2.61. The first-order chi connectivity index (χ1) is 12.6. The van der Waals surface area contributed by atoms with E-state index in [-0.39, 0.29) is 18.4 Å². The van der Waals surface area contributed by atoms with Gasteiger partial charge in [-0.25, -0.2) is 0 Å². The molecule has 2 amide bonds. The highest BCUT2D eigenvalue weighted by Crippen LogP contribution is 2.46. The Bertz CT molecular complexity index is 736. The Morgan fingerprint density at radius 1 is 1.08 bits per heavy atom. The Labute approximate surface area is 151 Å². The van der Waals surface area contributed by atoms with Gasteiger partial charge in [0.15, 0.2) is 0 Å². The summed E-state index contributed by atoms with van der Waals surface area (Å²) in [6.45, 7) is 0.932. The SMILES string of the molecule is COc1ccc(OCCNC(=O)C2(C(=O)NCc3ccco3)CC2)cc1. The maximum atomic E-state index is 12.4. The van der Waals surface area contributed by atoms with Crippen molar-refractivity contribution in [2.24, 2.45) is 5.41 Å². The lowest BCUT2D eigenvalue weighted by atomic mass is 10.1. The predicted molar refractivity (Wildman–Crippen MR) is 93.7 cm³/mol. The smallest absolute Gasteiger partial charge is 0.236 e. The van der Waals surface area contributed by atoms with Crippen molar-refractivity contribution < 1.29 is 23.5 Å². The molecule has 1 saturated carbocycles. The van der Waals surface area contributed by atoms with Gasteiger partial charge in [-0.1, -0.05) is 0 Å². The lowest BCUT2D eigenvalue weighted by molar-refractivity contribution is -0.137.